The van der Waals surface area contributed by atoms with E-state index in [0.29, 0.717) is 11.7 Å². The molecular formula is C11H19N5S. The summed E-state index contributed by atoms with van der Waals surface area (Å²) in [6, 6.07) is 1.90. The minimum atomic E-state index is 0.538. The van der Waals surface area contributed by atoms with Crippen LogP contribution in [0, 0.1) is 0 Å². The Kier molecular flexibility index (Phi) is 4.06. The van der Waals surface area contributed by atoms with Crippen LogP contribution in [-0.2, 0) is 0 Å². The molecule has 2 rings (SSSR count). The van der Waals surface area contributed by atoms with Gasteiger partial charge < -0.3 is 10.3 Å². The maximum atomic E-state index is 5.45. The Bertz CT molecular complexity index is 380. The maximum Gasteiger partial charge on any atom is 0.145 e. The molecule has 0 atom stereocenters. The summed E-state index contributed by atoms with van der Waals surface area (Å²) in [5.41, 5.74) is 2.62. The van der Waals surface area contributed by atoms with Crippen molar-refractivity contribution >= 4 is 23.4 Å². The summed E-state index contributed by atoms with van der Waals surface area (Å²) in [7, 11) is 2.05. The standard InChI is InChI=1S/C11H19N5S/c1-16(5-6-17-2)10-7-9(15-12)13-11(14-10)8-3-4-8/h7-8H,3-6,12H2,1-2H3,(H,13,14,15). The van der Waals surface area contributed by atoms with E-state index in [2.05, 4.69) is 33.6 Å². The van der Waals surface area contributed by atoms with Gasteiger partial charge in [-0.3, -0.25) is 0 Å². The predicted octanol–water partition coefficient (Wildman–Crippen LogP) is 1.44. The Morgan fingerprint density at radius 1 is 1.53 bits per heavy atom. The number of hydrogen-bond acceptors (Lipinski definition) is 6. The van der Waals surface area contributed by atoms with Gasteiger partial charge in [-0.1, -0.05) is 0 Å². The fourth-order valence-corrected chi connectivity index (χ4v) is 2.05. The van der Waals surface area contributed by atoms with E-state index in [4.69, 9.17) is 5.84 Å². The highest BCUT2D eigenvalue weighted by atomic mass is 32.2. The number of anilines is 2. The molecule has 6 heteroatoms. The van der Waals surface area contributed by atoms with E-state index in [1.165, 1.54) is 12.8 Å². The highest BCUT2D eigenvalue weighted by Crippen LogP contribution is 2.39. The zero-order chi connectivity index (χ0) is 12.3. The van der Waals surface area contributed by atoms with Gasteiger partial charge >= 0.3 is 0 Å². The Hall–Kier alpha value is -1.01. The molecule has 0 saturated heterocycles. The van der Waals surface area contributed by atoms with Gasteiger partial charge in [0.1, 0.15) is 17.5 Å². The third kappa shape index (κ3) is 3.23. The number of nitrogen functional groups attached to an aromatic ring is 1. The highest BCUT2D eigenvalue weighted by Gasteiger charge is 2.27. The van der Waals surface area contributed by atoms with E-state index in [1.807, 2.05) is 17.8 Å². The first-order chi connectivity index (χ1) is 8.24. The van der Waals surface area contributed by atoms with Gasteiger partial charge in [-0.15, -0.1) is 0 Å². The molecule has 1 saturated carbocycles. The molecule has 1 aliphatic rings. The first-order valence-electron chi connectivity index (χ1n) is 5.80. The second-order valence-corrected chi connectivity index (χ2v) is 5.29. The van der Waals surface area contributed by atoms with Crippen LogP contribution < -0.4 is 16.2 Å². The Morgan fingerprint density at radius 3 is 2.88 bits per heavy atom. The van der Waals surface area contributed by atoms with Crippen molar-refractivity contribution in [1.29, 1.82) is 0 Å². The maximum absolute atomic E-state index is 5.45. The molecule has 0 amide bonds. The molecule has 0 unspecified atom stereocenters. The number of thioether (sulfide) groups is 1. The number of rotatable bonds is 6. The van der Waals surface area contributed by atoms with Crippen molar-refractivity contribution in [2.75, 3.05) is 35.9 Å². The molecule has 0 radical (unpaired) electrons. The first-order valence-corrected chi connectivity index (χ1v) is 7.19. The predicted molar refractivity (Wildman–Crippen MR) is 73.5 cm³/mol. The average molecular weight is 253 g/mol. The molecule has 1 heterocycles. The van der Waals surface area contributed by atoms with E-state index in [-0.39, 0.29) is 0 Å². The van der Waals surface area contributed by atoms with Crippen LogP contribution in [0.25, 0.3) is 0 Å². The van der Waals surface area contributed by atoms with Crippen LogP contribution in [0.2, 0.25) is 0 Å². The molecule has 0 aliphatic heterocycles. The molecule has 5 nitrogen and oxygen atoms in total. The van der Waals surface area contributed by atoms with E-state index >= 15 is 0 Å². The number of hydrogen-bond donors (Lipinski definition) is 2. The minimum absolute atomic E-state index is 0.538. The first kappa shape index (κ1) is 12.4. The molecule has 17 heavy (non-hydrogen) atoms. The number of nitrogens with two attached hydrogens (primary N) is 1. The Labute approximate surface area is 106 Å². The third-order valence-electron chi connectivity index (χ3n) is 2.84. The van der Waals surface area contributed by atoms with E-state index in [9.17, 15) is 0 Å². The zero-order valence-electron chi connectivity index (χ0n) is 10.3. The molecule has 0 spiro atoms. The summed E-state index contributed by atoms with van der Waals surface area (Å²) in [5, 5.41) is 0. The van der Waals surface area contributed by atoms with E-state index in [0.717, 1.165) is 23.9 Å². The topological polar surface area (TPSA) is 67.1 Å². The summed E-state index contributed by atoms with van der Waals surface area (Å²) in [6.45, 7) is 0.978. The van der Waals surface area contributed by atoms with Crippen LogP contribution in [0.3, 0.4) is 0 Å². The van der Waals surface area contributed by atoms with Gasteiger partial charge in [-0.25, -0.2) is 15.8 Å². The second-order valence-electron chi connectivity index (χ2n) is 4.30. The Balaban J connectivity index is 2.16. The van der Waals surface area contributed by atoms with Crippen molar-refractivity contribution < 1.29 is 0 Å². The van der Waals surface area contributed by atoms with Crippen molar-refractivity contribution in [3.8, 4) is 0 Å². The van der Waals surface area contributed by atoms with Gasteiger partial charge in [0.2, 0.25) is 0 Å². The van der Waals surface area contributed by atoms with Crippen molar-refractivity contribution in [2.24, 2.45) is 5.84 Å². The van der Waals surface area contributed by atoms with Gasteiger partial charge in [0.25, 0.3) is 0 Å². The molecule has 1 aliphatic carbocycles. The van der Waals surface area contributed by atoms with Gasteiger partial charge in [-0.2, -0.15) is 11.8 Å². The molecular weight excluding hydrogens is 234 g/mol. The van der Waals surface area contributed by atoms with Crippen LogP contribution in [-0.4, -0.2) is 35.6 Å². The minimum Gasteiger partial charge on any atom is -0.359 e. The lowest BCUT2D eigenvalue weighted by molar-refractivity contribution is 0.877. The normalized spacial score (nSPS) is 14.8. The molecule has 0 bridgehead atoms. The lowest BCUT2D eigenvalue weighted by Crippen LogP contribution is -2.22. The van der Waals surface area contributed by atoms with E-state index < -0.39 is 0 Å². The van der Waals surface area contributed by atoms with Crippen LogP contribution >= 0.6 is 11.8 Å². The molecule has 1 fully saturated rings. The SMILES string of the molecule is CSCCN(C)c1cc(NN)nc(C2CC2)n1. The summed E-state index contributed by atoms with van der Waals surface area (Å²) < 4.78 is 0. The van der Waals surface area contributed by atoms with Crippen LogP contribution in [0.1, 0.15) is 24.6 Å². The van der Waals surface area contributed by atoms with Gasteiger partial charge in [0.05, 0.1) is 0 Å². The van der Waals surface area contributed by atoms with Crippen molar-refractivity contribution in [3.63, 3.8) is 0 Å². The fraction of sp³-hybridized carbons (Fsp3) is 0.636. The number of nitrogens with zero attached hydrogens (tertiary/aromatic N) is 3. The lowest BCUT2D eigenvalue weighted by Gasteiger charge is -2.18. The van der Waals surface area contributed by atoms with Crippen LogP contribution in [0.4, 0.5) is 11.6 Å². The quantitative estimate of drug-likeness (QED) is 0.590. The molecule has 0 aromatic carbocycles. The summed E-state index contributed by atoms with van der Waals surface area (Å²) >= 11 is 1.83. The molecule has 3 N–H and O–H groups in total. The van der Waals surface area contributed by atoms with Gasteiger partial charge in [0.15, 0.2) is 0 Å². The van der Waals surface area contributed by atoms with Crippen molar-refractivity contribution in [2.45, 2.75) is 18.8 Å². The zero-order valence-corrected chi connectivity index (χ0v) is 11.1. The van der Waals surface area contributed by atoms with Gasteiger partial charge in [0, 0.05) is 31.3 Å². The molecule has 94 valence electrons. The van der Waals surface area contributed by atoms with Crippen LogP contribution in [0.5, 0.6) is 0 Å². The third-order valence-corrected chi connectivity index (χ3v) is 3.43. The van der Waals surface area contributed by atoms with Crippen molar-refractivity contribution in [1.82, 2.24) is 9.97 Å². The fourth-order valence-electron chi connectivity index (χ4n) is 1.59. The number of hydrazine groups is 1. The van der Waals surface area contributed by atoms with Gasteiger partial charge in [-0.05, 0) is 19.1 Å². The van der Waals surface area contributed by atoms with Crippen LogP contribution in [0.15, 0.2) is 6.07 Å². The highest BCUT2D eigenvalue weighted by molar-refractivity contribution is 7.98. The number of aromatic nitrogens is 2. The summed E-state index contributed by atoms with van der Waals surface area (Å²) in [6.07, 6.45) is 4.50. The largest absolute Gasteiger partial charge is 0.359 e. The average Bonchev–Trinajstić information content (AvgIpc) is 3.19. The molecule has 1 aromatic rings. The summed E-state index contributed by atoms with van der Waals surface area (Å²) in [5.74, 6) is 9.64. The monoisotopic (exact) mass is 253 g/mol. The Morgan fingerprint density at radius 2 is 2.29 bits per heavy atom. The van der Waals surface area contributed by atoms with Crippen molar-refractivity contribution in [3.05, 3.63) is 11.9 Å². The second kappa shape index (κ2) is 5.55. The summed E-state index contributed by atoms with van der Waals surface area (Å²) in [4.78, 5) is 11.1. The lowest BCUT2D eigenvalue weighted by atomic mass is 10.3. The number of nitrogens with one attached hydrogen (secondary N) is 1. The van der Waals surface area contributed by atoms with E-state index in [1.54, 1.807) is 0 Å². The molecule has 1 aromatic heterocycles. The smallest absolute Gasteiger partial charge is 0.145 e.